The van der Waals surface area contributed by atoms with Gasteiger partial charge in [0.2, 0.25) is 0 Å². The molecule has 4 nitrogen and oxygen atoms in total. The number of nitrogen functional groups attached to an aromatic ring is 1. The molecule has 0 unspecified atom stereocenters. The van der Waals surface area contributed by atoms with Crippen molar-refractivity contribution in [1.29, 1.82) is 0 Å². The quantitative estimate of drug-likeness (QED) is 0.764. The molecule has 1 aromatic carbocycles. The molecule has 0 bridgehead atoms. The molecule has 4 heteroatoms. The van der Waals surface area contributed by atoms with Gasteiger partial charge in [0, 0.05) is 18.4 Å². The van der Waals surface area contributed by atoms with Gasteiger partial charge >= 0.3 is 0 Å². The van der Waals surface area contributed by atoms with Gasteiger partial charge in [-0.3, -0.25) is 0 Å². The lowest BCUT2D eigenvalue weighted by atomic mass is 10.2. The van der Waals surface area contributed by atoms with Crippen molar-refractivity contribution >= 4 is 16.7 Å². The van der Waals surface area contributed by atoms with Crippen LogP contribution in [0.5, 0.6) is 5.75 Å². The van der Waals surface area contributed by atoms with Crippen molar-refractivity contribution in [2.45, 2.75) is 6.42 Å². The molecule has 3 N–H and O–H groups in total. The van der Waals surface area contributed by atoms with E-state index in [4.69, 9.17) is 15.6 Å². The van der Waals surface area contributed by atoms with Gasteiger partial charge < -0.3 is 15.6 Å². The van der Waals surface area contributed by atoms with E-state index in [0.717, 1.165) is 10.9 Å². The highest BCUT2D eigenvalue weighted by atomic mass is 16.5. The Morgan fingerprint density at radius 1 is 1.25 bits per heavy atom. The van der Waals surface area contributed by atoms with E-state index in [0.29, 0.717) is 24.6 Å². The number of nitrogens with two attached hydrogens (primary N) is 1. The van der Waals surface area contributed by atoms with E-state index in [1.54, 1.807) is 6.07 Å². The highest BCUT2D eigenvalue weighted by Crippen LogP contribution is 2.24. The maximum absolute atomic E-state index is 8.69. The van der Waals surface area contributed by atoms with Crippen molar-refractivity contribution in [1.82, 2.24) is 4.98 Å². The first-order valence-corrected chi connectivity index (χ1v) is 5.20. The van der Waals surface area contributed by atoms with Gasteiger partial charge in [-0.05, 0) is 18.2 Å². The fourth-order valence-electron chi connectivity index (χ4n) is 1.50. The number of benzene rings is 1. The number of ether oxygens (including phenoxy) is 1. The number of para-hydroxylation sites is 1. The lowest BCUT2D eigenvalue weighted by Crippen LogP contribution is -2.01. The van der Waals surface area contributed by atoms with E-state index in [1.165, 1.54) is 0 Å². The number of hydrogen-bond donors (Lipinski definition) is 2. The van der Waals surface area contributed by atoms with Crippen LogP contribution >= 0.6 is 0 Å². The van der Waals surface area contributed by atoms with Crippen LogP contribution in [0.2, 0.25) is 0 Å². The number of aliphatic hydroxyl groups is 1. The van der Waals surface area contributed by atoms with E-state index >= 15 is 0 Å². The van der Waals surface area contributed by atoms with Crippen LogP contribution in [-0.2, 0) is 0 Å². The number of pyridine rings is 1. The Labute approximate surface area is 93.7 Å². The first kappa shape index (κ1) is 10.7. The maximum Gasteiger partial charge on any atom is 0.145 e. The van der Waals surface area contributed by atoms with Gasteiger partial charge in [-0.25, -0.2) is 4.98 Å². The molecule has 84 valence electrons. The van der Waals surface area contributed by atoms with E-state index in [1.807, 2.05) is 24.3 Å². The van der Waals surface area contributed by atoms with Gasteiger partial charge in [0.15, 0.2) is 0 Å². The number of fused-ring (bicyclic) bond motifs is 1. The third-order valence-electron chi connectivity index (χ3n) is 2.26. The largest absolute Gasteiger partial charge is 0.491 e. The van der Waals surface area contributed by atoms with Crippen LogP contribution in [0.15, 0.2) is 30.3 Å². The van der Waals surface area contributed by atoms with Crippen molar-refractivity contribution in [2.75, 3.05) is 18.9 Å². The first-order chi connectivity index (χ1) is 7.81. The molecular formula is C12H14N2O2. The summed E-state index contributed by atoms with van der Waals surface area (Å²) in [6.07, 6.45) is 0.610. The van der Waals surface area contributed by atoms with Crippen LogP contribution < -0.4 is 10.5 Å². The second kappa shape index (κ2) is 4.81. The second-order valence-electron chi connectivity index (χ2n) is 3.49. The van der Waals surface area contributed by atoms with E-state index in [2.05, 4.69) is 4.98 Å². The Kier molecular flexibility index (Phi) is 3.22. The second-order valence-corrected chi connectivity index (χ2v) is 3.49. The van der Waals surface area contributed by atoms with Crippen molar-refractivity contribution in [3.05, 3.63) is 30.3 Å². The fourth-order valence-corrected chi connectivity index (χ4v) is 1.50. The van der Waals surface area contributed by atoms with E-state index < -0.39 is 0 Å². The molecular weight excluding hydrogens is 204 g/mol. The van der Waals surface area contributed by atoms with Crippen LogP contribution in [0, 0.1) is 0 Å². The molecule has 2 rings (SSSR count). The van der Waals surface area contributed by atoms with Crippen molar-refractivity contribution in [3.8, 4) is 5.75 Å². The molecule has 0 saturated heterocycles. The SMILES string of the molecule is Nc1ccc2cccc(OCCCO)c2n1. The zero-order valence-electron chi connectivity index (χ0n) is 8.89. The predicted octanol–water partition coefficient (Wildman–Crippen LogP) is 1.58. The predicted molar refractivity (Wildman–Crippen MR) is 63.4 cm³/mol. The van der Waals surface area contributed by atoms with Crippen molar-refractivity contribution in [2.24, 2.45) is 0 Å². The Morgan fingerprint density at radius 3 is 2.94 bits per heavy atom. The minimum absolute atomic E-state index is 0.125. The lowest BCUT2D eigenvalue weighted by molar-refractivity contribution is 0.234. The molecule has 1 heterocycles. The van der Waals surface area contributed by atoms with Crippen LogP contribution in [-0.4, -0.2) is 23.3 Å². The summed E-state index contributed by atoms with van der Waals surface area (Å²) >= 11 is 0. The molecule has 0 aliphatic heterocycles. The molecule has 0 fully saturated rings. The topological polar surface area (TPSA) is 68.4 Å². The molecule has 16 heavy (non-hydrogen) atoms. The molecule has 0 radical (unpaired) electrons. The third-order valence-corrected chi connectivity index (χ3v) is 2.26. The summed E-state index contributed by atoms with van der Waals surface area (Å²) in [4.78, 5) is 4.24. The molecule has 0 aliphatic carbocycles. The number of aliphatic hydroxyl groups excluding tert-OH is 1. The highest BCUT2D eigenvalue weighted by molar-refractivity contribution is 5.85. The normalized spacial score (nSPS) is 10.6. The van der Waals surface area contributed by atoms with Crippen molar-refractivity contribution in [3.63, 3.8) is 0 Å². The number of anilines is 1. The summed E-state index contributed by atoms with van der Waals surface area (Å²) in [5.74, 6) is 1.18. The zero-order chi connectivity index (χ0) is 11.4. The minimum Gasteiger partial charge on any atom is -0.491 e. The Bertz CT molecular complexity index is 485. The van der Waals surface area contributed by atoms with Crippen LogP contribution in [0.1, 0.15) is 6.42 Å². The average molecular weight is 218 g/mol. The number of hydrogen-bond acceptors (Lipinski definition) is 4. The maximum atomic E-state index is 8.69. The Hall–Kier alpha value is -1.81. The van der Waals surface area contributed by atoms with Crippen molar-refractivity contribution < 1.29 is 9.84 Å². The minimum atomic E-state index is 0.125. The van der Waals surface area contributed by atoms with Gasteiger partial charge in [-0.2, -0.15) is 0 Å². The third kappa shape index (κ3) is 2.23. The molecule has 0 atom stereocenters. The zero-order valence-corrected chi connectivity index (χ0v) is 8.89. The smallest absolute Gasteiger partial charge is 0.145 e. The summed E-state index contributed by atoms with van der Waals surface area (Å²) in [7, 11) is 0. The van der Waals surface area contributed by atoms with Gasteiger partial charge in [-0.15, -0.1) is 0 Å². The number of rotatable bonds is 4. The Balaban J connectivity index is 2.32. The van der Waals surface area contributed by atoms with Crippen LogP contribution in [0.4, 0.5) is 5.82 Å². The summed E-state index contributed by atoms with van der Waals surface area (Å²) in [6, 6.07) is 9.40. The van der Waals surface area contributed by atoms with Crippen LogP contribution in [0.25, 0.3) is 10.9 Å². The van der Waals surface area contributed by atoms with Gasteiger partial charge in [0.05, 0.1) is 6.61 Å². The summed E-state index contributed by atoms with van der Waals surface area (Å²) < 4.78 is 5.54. The monoisotopic (exact) mass is 218 g/mol. The first-order valence-electron chi connectivity index (χ1n) is 5.20. The fraction of sp³-hybridized carbons (Fsp3) is 0.250. The number of aromatic nitrogens is 1. The molecule has 0 amide bonds. The molecule has 0 spiro atoms. The van der Waals surface area contributed by atoms with Gasteiger partial charge in [-0.1, -0.05) is 12.1 Å². The number of nitrogens with zero attached hydrogens (tertiary/aromatic N) is 1. The highest BCUT2D eigenvalue weighted by Gasteiger charge is 2.03. The molecule has 2 aromatic rings. The summed E-state index contributed by atoms with van der Waals surface area (Å²) in [5.41, 5.74) is 6.41. The lowest BCUT2D eigenvalue weighted by Gasteiger charge is -2.08. The van der Waals surface area contributed by atoms with Gasteiger partial charge in [0.1, 0.15) is 17.1 Å². The van der Waals surface area contributed by atoms with Crippen LogP contribution in [0.3, 0.4) is 0 Å². The summed E-state index contributed by atoms with van der Waals surface area (Å²) in [5, 5.41) is 9.68. The van der Waals surface area contributed by atoms with Gasteiger partial charge in [0.25, 0.3) is 0 Å². The molecule has 0 aliphatic rings. The molecule has 1 aromatic heterocycles. The van der Waals surface area contributed by atoms with E-state index in [9.17, 15) is 0 Å². The standard InChI is InChI=1S/C12H14N2O2/c13-11-6-5-9-3-1-4-10(12(9)14-11)16-8-2-7-15/h1,3-6,15H,2,7-8H2,(H2,13,14). The summed E-state index contributed by atoms with van der Waals surface area (Å²) in [6.45, 7) is 0.604. The average Bonchev–Trinajstić information content (AvgIpc) is 2.30. The van der Waals surface area contributed by atoms with E-state index in [-0.39, 0.29) is 6.61 Å². The Morgan fingerprint density at radius 2 is 2.12 bits per heavy atom. The molecule has 0 saturated carbocycles.